The van der Waals surface area contributed by atoms with Gasteiger partial charge in [0.05, 0.1) is 29.7 Å². The Morgan fingerprint density at radius 2 is 2.16 bits per heavy atom. The van der Waals surface area contributed by atoms with Gasteiger partial charge in [-0.2, -0.15) is 0 Å². The van der Waals surface area contributed by atoms with Crippen molar-refractivity contribution in [2.75, 3.05) is 18.2 Å². The van der Waals surface area contributed by atoms with Crippen molar-refractivity contribution < 1.29 is 9.53 Å². The van der Waals surface area contributed by atoms with Crippen molar-refractivity contribution in [3.05, 3.63) is 34.3 Å². The third-order valence-corrected chi connectivity index (χ3v) is 3.77. The lowest BCUT2D eigenvalue weighted by atomic mass is 10.1. The van der Waals surface area contributed by atoms with Crippen molar-refractivity contribution >= 4 is 33.8 Å². The number of carbonyl (C=O) groups excluding carboxylic acids is 1. The topological polar surface area (TPSA) is 77.2 Å². The second-order valence-electron chi connectivity index (χ2n) is 4.04. The third-order valence-electron chi connectivity index (χ3n) is 2.78. The normalized spacial score (nSPS) is 10.3. The van der Waals surface area contributed by atoms with Gasteiger partial charge in [0.1, 0.15) is 0 Å². The highest BCUT2D eigenvalue weighted by atomic mass is 32.1. The molecule has 0 unspecified atom stereocenters. The van der Waals surface area contributed by atoms with Crippen LogP contribution in [0.3, 0.4) is 0 Å². The number of nitrogens with one attached hydrogen (secondary N) is 1. The number of nitrogen functional groups attached to an aromatic ring is 1. The summed E-state index contributed by atoms with van der Waals surface area (Å²) in [6.45, 7) is 3.96. The van der Waals surface area contributed by atoms with E-state index in [1.165, 1.54) is 7.11 Å². The molecule has 1 aromatic carbocycles. The number of anilines is 3. The number of thiazole rings is 1. The monoisotopic (exact) mass is 277 g/mol. The number of para-hydroxylation sites is 1. The molecule has 0 aliphatic carbocycles. The number of nitrogens with two attached hydrogens (primary N) is 1. The molecule has 6 heteroatoms. The molecular weight excluding hydrogens is 262 g/mol. The molecular formula is C13H15N3O2S. The van der Waals surface area contributed by atoms with Crippen LogP contribution in [0.1, 0.15) is 20.9 Å². The molecule has 0 spiro atoms. The molecule has 0 amide bonds. The number of hydrogen-bond donors (Lipinski definition) is 2. The highest BCUT2D eigenvalue weighted by Crippen LogP contribution is 2.29. The zero-order valence-electron chi connectivity index (χ0n) is 11.0. The Kier molecular flexibility index (Phi) is 3.71. The molecule has 0 aliphatic heterocycles. The zero-order chi connectivity index (χ0) is 14.0. The lowest BCUT2D eigenvalue weighted by molar-refractivity contribution is 0.0602. The first kappa shape index (κ1) is 13.4. The number of nitrogens with zero attached hydrogens (tertiary/aromatic N) is 1. The van der Waals surface area contributed by atoms with E-state index in [2.05, 4.69) is 15.0 Å². The Balaban J connectivity index is 2.33. The number of ether oxygens (including phenoxy) is 1. The number of benzene rings is 1. The standard InChI is InChI=1S/C13H15N3O2S/c1-7-8(2)19-13(15-7)16-10-6-4-5-9(11(10)14)12(17)18-3/h4-6H,14H2,1-3H3,(H,15,16). The van der Waals surface area contributed by atoms with Gasteiger partial charge in [0.2, 0.25) is 0 Å². The Hall–Kier alpha value is -2.08. The molecule has 0 fully saturated rings. The van der Waals surface area contributed by atoms with Crippen LogP contribution in [0.25, 0.3) is 0 Å². The summed E-state index contributed by atoms with van der Waals surface area (Å²) in [5.74, 6) is -0.451. The summed E-state index contributed by atoms with van der Waals surface area (Å²) in [6, 6.07) is 5.18. The van der Waals surface area contributed by atoms with E-state index < -0.39 is 5.97 Å². The third kappa shape index (κ3) is 2.68. The van der Waals surface area contributed by atoms with Gasteiger partial charge in [0, 0.05) is 4.88 Å². The molecule has 0 saturated heterocycles. The first-order valence-corrected chi connectivity index (χ1v) is 6.52. The maximum absolute atomic E-state index is 11.6. The van der Waals surface area contributed by atoms with Crippen LogP contribution in [0.4, 0.5) is 16.5 Å². The van der Waals surface area contributed by atoms with Crippen LogP contribution in [0.5, 0.6) is 0 Å². The van der Waals surface area contributed by atoms with Gasteiger partial charge in [-0.1, -0.05) is 6.07 Å². The number of esters is 1. The molecule has 5 nitrogen and oxygen atoms in total. The van der Waals surface area contributed by atoms with E-state index in [0.717, 1.165) is 15.7 Å². The number of hydrogen-bond acceptors (Lipinski definition) is 6. The summed E-state index contributed by atoms with van der Waals surface area (Å²) in [5.41, 5.74) is 8.30. The molecule has 19 heavy (non-hydrogen) atoms. The number of rotatable bonds is 3. The van der Waals surface area contributed by atoms with Crippen molar-refractivity contribution in [3.63, 3.8) is 0 Å². The van der Waals surface area contributed by atoms with E-state index >= 15 is 0 Å². The van der Waals surface area contributed by atoms with E-state index in [1.54, 1.807) is 29.5 Å². The van der Waals surface area contributed by atoms with Gasteiger partial charge in [-0.3, -0.25) is 0 Å². The molecule has 0 saturated carbocycles. The van der Waals surface area contributed by atoms with Gasteiger partial charge in [-0.25, -0.2) is 9.78 Å². The summed E-state index contributed by atoms with van der Waals surface area (Å²) in [5, 5.41) is 3.88. The Morgan fingerprint density at radius 3 is 2.74 bits per heavy atom. The lowest BCUT2D eigenvalue weighted by Crippen LogP contribution is -2.07. The van der Waals surface area contributed by atoms with Gasteiger partial charge in [0.25, 0.3) is 0 Å². The number of aromatic nitrogens is 1. The van der Waals surface area contributed by atoms with E-state index in [4.69, 9.17) is 5.73 Å². The van der Waals surface area contributed by atoms with Crippen LogP contribution < -0.4 is 11.1 Å². The van der Waals surface area contributed by atoms with Crippen LogP contribution in [0.2, 0.25) is 0 Å². The summed E-state index contributed by atoms with van der Waals surface area (Å²) < 4.78 is 4.69. The van der Waals surface area contributed by atoms with Crippen LogP contribution in [-0.4, -0.2) is 18.1 Å². The van der Waals surface area contributed by atoms with Crippen molar-refractivity contribution in [3.8, 4) is 0 Å². The van der Waals surface area contributed by atoms with Gasteiger partial charge in [0.15, 0.2) is 5.13 Å². The van der Waals surface area contributed by atoms with Gasteiger partial charge >= 0.3 is 5.97 Å². The minimum absolute atomic E-state index is 0.345. The molecule has 2 aromatic rings. The molecule has 100 valence electrons. The number of carbonyl (C=O) groups is 1. The van der Waals surface area contributed by atoms with Gasteiger partial charge in [-0.15, -0.1) is 11.3 Å². The molecule has 0 atom stereocenters. The summed E-state index contributed by atoms with van der Waals surface area (Å²) in [4.78, 5) is 17.1. The maximum Gasteiger partial charge on any atom is 0.340 e. The average molecular weight is 277 g/mol. The second kappa shape index (κ2) is 5.27. The second-order valence-corrected chi connectivity index (χ2v) is 5.25. The fraction of sp³-hybridized carbons (Fsp3) is 0.231. The first-order valence-electron chi connectivity index (χ1n) is 5.70. The molecule has 1 aromatic heterocycles. The fourth-order valence-corrected chi connectivity index (χ4v) is 2.43. The van der Waals surface area contributed by atoms with E-state index in [0.29, 0.717) is 16.9 Å². The average Bonchev–Trinajstić information content (AvgIpc) is 2.70. The van der Waals surface area contributed by atoms with E-state index in [1.807, 2.05) is 13.8 Å². The number of methoxy groups -OCH3 is 1. The van der Waals surface area contributed by atoms with Crippen molar-refractivity contribution in [2.24, 2.45) is 0 Å². The maximum atomic E-state index is 11.6. The van der Waals surface area contributed by atoms with Crippen molar-refractivity contribution in [1.82, 2.24) is 4.98 Å². The van der Waals surface area contributed by atoms with Gasteiger partial charge in [-0.05, 0) is 26.0 Å². The van der Waals surface area contributed by atoms with Crippen LogP contribution in [-0.2, 0) is 4.74 Å². The van der Waals surface area contributed by atoms with Crippen molar-refractivity contribution in [1.29, 1.82) is 0 Å². The SMILES string of the molecule is COC(=O)c1cccc(Nc2nc(C)c(C)s2)c1N. The molecule has 2 rings (SSSR count). The van der Waals surface area contributed by atoms with Crippen LogP contribution in [0, 0.1) is 13.8 Å². The minimum atomic E-state index is -0.451. The van der Waals surface area contributed by atoms with Crippen LogP contribution in [0.15, 0.2) is 18.2 Å². The molecule has 3 N–H and O–H groups in total. The van der Waals surface area contributed by atoms with Crippen molar-refractivity contribution in [2.45, 2.75) is 13.8 Å². The minimum Gasteiger partial charge on any atom is -0.465 e. The summed E-state index contributed by atoms with van der Waals surface area (Å²) in [6.07, 6.45) is 0. The Labute approximate surface area is 115 Å². The predicted octanol–water partition coefficient (Wildman–Crippen LogP) is 2.87. The Bertz CT molecular complexity index is 603. The zero-order valence-corrected chi connectivity index (χ0v) is 11.8. The molecule has 0 aliphatic rings. The van der Waals surface area contributed by atoms with Crippen LogP contribution >= 0.6 is 11.3 Å². The quantitative estimate of drug-likeness (QED) is 0.666. The largest absolute Gasteiger partial charge is 0.465 e. The van der Waals surface area contributed by atoms with E-state index in [-0.39, 0.29) is 0 Å². The molecule has 1 heterocycles. The smallest absolute Gasteiger partial charge is 0.340 e. The predicted molar refractivity (Wildman–Crippen MR) is 77.1 cm³/mol. The lowest BCUT2D eigenvalue weighted by Gasteiger charge is -2.09. The molecule has 0 radical (unpaired) electrons. The highest BCUT2D eigenvalue weighted by molar-refractivity contribution is 7.15. The summed E-state index contributed by atoms with van der Waals surface area (Å²) >= 11 is 1.54. The summed E-state index contributed by atoms with van der Waals surface area (Å²) in [7, 11) is 1.33. The molecule has 0 bridgehead atoms. The highest BCUT2D eigenvalue weighted by Gasteiger charge is 2.13. The van der Waals surface area contributed by atoms with Gasteiger partial charge < -0.3 is 15.8 Å². The Morgan fingerprint density at radius 1 is 1.42 bits per heavy atom. The van der Waals surface area contributed by atoms with E-state index in [9.17, 15) is 4.79 Å². The number of aryl methyl sites for hydroxylation is 2. The first-order chi connectivity index (χ1) is 9.02. The fourth-order valence-electron chi connectivity index (χ4n) is 1.60.